The van der Waals surface area contributed by atoms with E-state index in [0.29, 0.717) is 5.76 Å². The van der Waals surface area contributed by atoms with Crippen molar-refractivity contribution in [3.63, 3.8) is 0 Å². The van der Waals surface area contributed by atoms with Gasteiger partial charge in [-0.3, -0.25) is 0 Å². The quantitative estimate of drug-likeness (QED) is 0.552. The minimum Gasteiger partial charge on any atom is -0.458 e. The predicted molar refractivity (Wildman–Crippen MR) is 42.0 cm³/mol. The van der Waals surface area contributed by atoms with Gasteiger partial charge < -0.3 is 10.1 Å². The zero-order valence-electron chi connectivity index (χ0n) is 6.03. The maximum absolute atomic E-state index is 5.11. The second kappa shape index (κ2) is 2.23. The van der Waals surface area contributed by atoms with Gasteiger partial charge in [0.1, 0.15) is 12.1 Å². The van der Waals surface area contributed by atoms with Gasteiger partial charge in [-0.2, -0.15) is 0 Å². The molecule has 0 aromatic heterocycles. The Balaban J connectivity index is 2.36. The molecule has 0 atom stereocenters. The summed E-state index contributed by atoms with van der Waals surface area (Å²) in [6.07, 6.45) is 4.76. The number of aliphatic imine (C=N–C) groups is 2. The van der Waals surface area contributed by atoms with Crippen molar-refractivity contribution in [3.8, 4) is 0 Å². The molecule has 0 saturated heterocycles. The van der Waals surface area contributed by atoms with Crippen LogP contribution in [0.1, 0.15) is 6.92 Å². The molecule has 11 heavy (non-hydrogen) atoms. The molecule has 0 radical (unpaired) electrons. The van der Waals surface area contributed by atoms with Crippen LogP contribution in [0.25, 0.3) is 0 Å². The molecule has 0 aromatic carbocycles. The summed E-state index contributed by atoms with van der Waals surface area (Å²) in [6.45, 7) is 1.87. The number of rotatable bonds is 0. The van der Waals surface area contributed by atoms with Crippen LogP contribution >= 0.6 is 0 Å². The molecule has 0 fully saturated rings. The molecule has 0 unspecified atom stereocenters. The molecule has 0 aromatic rings. The van der Waals surface area contributed by atoms with E-state index in [1.165, 1.54) is 6.26 Å². The van der Waals surface area contributed by atoms with Gasteiger partial charge in [-0.15, -0.1) is 0 Å². The van der Waals surface area contributed by atoms with Gasteiger partial charge in [-0.1, -0.05) is 0 Å². The van der Waals surface area contributed by atoms with Crippen molar-refractivity contribution < 1.29 is 4.74 Å². The van der Waals surface area contributed by atoms with Crippen molar-refractivity contribution in [2.75, 3.05) is 0 Å². The number of ether oxygens (including phenoxy) is 1. The van der Waals surface area contributed by atoms with Crippen LogP contribution in [0.2, 0.25) is 0 Å². The lowest BCUT2D eigenvalue weighted by Crippen LogP contribution is -2.33. The Morgan fingerprint density at radius 2 is 2.36 bits per heavy atom. The van der Waals surface area contributed by atoms with E-state index in [2.05, 4.69) is 15.3 Å². The molecule has 2 aliphatic heterocycles. The summed E-state index contributed by atoms with van der Waals surface area (Å²) >= 11 is 0. The Hall–Kier alpha value is -1.58. The standard InChI is InChI=1S/C7H7N3O/c1-5-9-4-6-7(10-5)8-2-3-11-6/h2-4H,1H3,(H,8,9,10). The minimum absolute atomic E-state index is 0.665. The highest BCUT2D eigenvalue weighted by Gasteiger charge is 2.13. The molecule has 0 spiro atoms. The average Bonchev–Trinajstić information content (AvgIpc) is 2.04. The molecular weight excluding hydrogens is 142 g/mol. The Kier molecular flexibility index (Phi) is 1.25. The Morgan fingerprint density at radius 1 is 1.45 bits per heavy atom. The summed E-state index contributed by atoms with van der Waals surface area (Å²) in [7, 11) is 0. The van der Waals surface area contributed by atoms with Crippen LogP contribution in [0, 0.1) is 0 Å². The molecule has 1 N–H and O–H groups in total. The third-order valence-electron chi connectivity index (χ3n) is 1.37. The van der Waals surface area contributed by atoms with Gasteiger partial charge in [-0.25, -0.2) is 9.98 Å². The van der Waals surface area contributed by atoms with Crippen molar-refractivity contribution in [2.45, 2.75) is 6.92 Å². The van der Waals surface area contributed by atoms with Crippen molar-refractivity contribution in [1.29, 1.82) is 0 Å². The first-order chi connectivity index (χ1) is 5.36. The van der Waals surface area contributed by atoms with E-state index >= 15 is 0 Å². The molecule has 0 aliphatic carbocycles. The summed E-state index contributed by atoms with van der Waals surface area (Å²) < 4.78 is 5.11. The van der Waals surface area contributed by atoms with Gasteiger partial charge >= 0.3 is 0 Å². The number of nitrogens with zero attached hydrogens (tertiary/aromatic N) is 2. The Labute approximate surface area is 64.0 Å². The van der Waals surface area contributed by atoms with Crippen LogP contribution in [-0.2, 0) is 4.74 Å². The second-order valence-corrected chi connectivity index (χ2v) is 2.21. The first-order valence-corrected chi connectivity index (χ1v) is 3.28. The van der Waals surface area contributed by atoms with Crippen molar-refractivity contribution in [1.82, 2.24) is 5.32 Å². The van der Waals surface area contributed by atoms with E-state index in [1.807, 2.05) is 6.92 Å². The van der Waals surface area contributed by atoms with Crippen LogP contribution in [0.3, 0.4) is 0 Å². The summed E-state index contributed by atoms with van der Waals surface area (Å²) in [4.78, 5) is 8.07. The smallest absolute Gasteiger partial charge is 0.187 e. The lowest BCUT2D eigenvalue weighted by molar-refractivity contribution is 0.367. The maximum Gasteiger partial charge on any atom is 0.187 e. The van der Waals surface area contributed by atoms with Gasteiger partial charge in [0.15, 0.2) is 11.6 Å². The largest absolute Gasteiger partial charge is 0.458 e. The first-order valence-electron chi connectivity index (χ1n) is 3.28. The molecule has 4 heteroatoms. The lowest BCUT2D eigenvalue weighted by Gasteiger charge is -2.16. The minimum atomic E-state index is 0.665. The second-order valence-electron chi connectivity index (χ2n) is 2.21. The normalized spacial score (nSPS) is 20.3. The van der Waals surface area contributed by atoms with E-state index < -0.39 is 0 Å². The third-order valence-corrected chi connectivity index (χ3v) is 1.37. The number of hydrogen-bond acceptors (Lipinski definition) is 4. The van der Waals surface area contributed by atoms with Crippen LogP contribution in [-0.4, -0.2) is 11.7 Å². The van der Waals surface area contributed by atoms with Gasteiger partial charge in [0.2, 0.25) is 0 Å². The van der Waals surface area contributed by atoms with Crippen LogP contribution in [0.4, 0.5) is 0 Å². The van der Waals surface area contributed by atoms with E-state index in [4.69, 9.17) is 4.74 Å². The van der Waals surface area contributed by atoms with E-state index in [1.54, 1.807) is 12.4 Å². The zero-order chi connectivity index (χ0) is 7.68. The number of nitrogens with one attached hydrogen (secondary N) is 1. The molecular formula is C7H7N3O. The fourth-order valence-electron chi connectivity index (χ4n) is 0.873. The fraction of sp³-hybridized carbons (Fsp3) is 0.143. The van der Waals surface area contributed by atoms with E-state index in [9.17, 15) is 0 Å². The maximum atomic E-state index is 5.11. The Bertz CT molecular complexity index is 299. The summed E-state index contributed by atoms with van der Waals surface area (Å²) in [5.74, 6) is 2.21. The molecule has 2 aliphatic rings. The molecule has 2 rings (SSSR count). The molecule has 56 valence electrons. The lowest BCUT2D eigenvalue weighted by atomic mass is 10.4. The van der Waals surface area contributed by atoms with E-state index in [-0.39, 0.29) is 0 Å². The highest BCUT2D eigenvalue weighted by Crippen LogP contribution is 2.09. The third kappa shape index (κ3) is 1.02. The predicted octanol–water partition coefficient (Wildman–Crippen LogP) is 0.749. The SMILES string of the molecule is CC1=NC=C2OC=CN=C2N1. The molecule has 4 nitrogen and oxygen atoms in total. The number of amidine groups is 2. The highest BCUT2D eigenvalue weighted by atomic mass is 16.5. The number of fused-ring (bicyclic) bond motifs is 1. The molecule has 0 amide bonds. The van der Waals surface area contributed by atoms with Crippen molar-refractivity contribution in [3.05, 3.63) is 24.4 Å². The summed E-state index contributed by atoms with van der Waals surface area (Å²) in [5, 5.41) is 2.97. The van der Waals surface area contributed by atoms with Gasteiger partial charge in [0, 0.05) is 0 Å². The van der Waals surface area contributed by atoms with Crippen molar-refractivity contribution >= 4 is 11.7 Å². The zero-order valence-corrected chi connectivity index (χ0v) is 6.03. The van der Waals surface area contributed by atoms with Crippen LogP contribution in [0.5, 0.6) is 0 Å². The topological polar surface area (TPSA) is 46.0 Å². The van der Waals surface area contributed by atoms with Crippen LogP contribution in [0.15, 0.2) is 34.4 Å². The first kappa shape index (κ1) is 6.15. The highest BCUT2D eigenvalue weighted by molar-refractivity contribution is 6.09. The van der Waals surface area contributed by atoms with Gasteiger partial charge in [0.05, 0.1) is 12.4 Å². The Morgan fingerprint density at radius 3 is 3.27 bits per heavy atom. The summed E-state index contributed by atoms with van der Waals surface area (Å²) in [5.41, 5.74) is 0. The number of hydrogen-bond donors (Lipinski definition) is 1. The average molecular weight is 149 g/mol. The molecule has 2 heterocycles. The summed E-state index contributed by atoms with van der Waals surface area (Å²) in [6, 6.07) is 0. The monoisotopic (exact) mass is 149 g/mol. The van der Waals surface area contributed by atoms with Crippen molar-refractivity contribution in [2.24, 2.45) is 9.98 Å². The molecule has 0 bridgehead atoms. The van der Waals surface area contributed by atoms with Gasteiger partial charge in [-0.05, 0) is 6.92 Å². The van der Waals surface area contributed by atoms with Crippen LogP contribution < -0.4 is 5.32 Å². The van der Waals surface area contributed by atoms with E-state index in [0.717, 1.165) is 11.7 Å². The molecule has 0 saturated carbocycles. The fourth-order valence-corrected chi connectivity index (χ4v) is 0.873. The van der Waals surface area contributed by atoms with Gasteiger partial charge in [0.25, 0.3) is 0 Å².